The van der Waals surface area contributed by atoms with Crippen LogP contribution in [0.3, 0.4) is 0 Å². The number of rotatable bonds is 3. The minimum Gasteiger partial charge on any atom is -0.569 e. The molecule has 0 aliphatic heterocycles. The summed E-state index contributed by atoms with van der Waals surface area (Å²) in [5, 5.41) is 16.1. The van der Waals surface area contributed by atoms with E-state index >= 15 is 0 Å². The van der Waals surface area contributed by atoms with Crippen molar-refractivity contribution < 1.29 is 9.81 Å². The average molecular weight is 189 g/mol. The van der Waals surface area contributed by atoms with Crippen molar-refractivity contribution in [3.63, 3.8) is 0 Å². The van der Waals surface area contributed by atoms with Crippen molar-refractivity contribution in [2.24, 2.45) is 5.28 Å². The van der Waals surface area contributed by atoms with Crippen LogP contribution in [-0.2, 0) is 4.84 Å². The molecule has 0 aromatic heterocycles. The zero-order valence-electron chi connectivity index (χ0n) is 9.24. The molecule has 0 atom stereocenters. The fourth-order valence-electron chi connectivity index (χ4n) is 0.446. The van der Waals surface area contributed by atoms with E-state index in [0.29, 0.717) is 4.97 Å². The van der Waals surface area contributed by atoms with Gasteiger partial charge in [-0.2, -0.15) is 0 Å². The van der Waals surface area contributed by atoms with Crippen LogP contribution in [0.4, 0.5) is 0 Å². The molecule has 0 bridgehead atoms. The first-order chi connectivity index (χ1) is 5.75. The molecule has 0 amide bonds. The zero-order valence-corrected chi connectivity index (χ0v) is 9.24. The summed E-state index contributed by atoms with van der Waals surface area (Å²) in [6.45, 7) is 9.39. The van der Waals surface area contributed by atoms with E-state index in [1.54, 1.807) is 7.05 Å². The minimum atomic E-state index is -0.258. The molecular formula is C8H19N3O2. The topological polar surface area (TPSA) is 50.9 Å². The highest BCUT2D eigenvalue weighted by Gasteiger charge is 2.24. The first-order valence-corrected chi connectivity index (χ1v) is 4.33. The van der Waals surface area contributed by atoms with E-state index in [1.807, 2.05) is 34.6 Å². The van der Waals surface area contributed by atoms with Gasteiger partial charge in [0, 0.05) is 0 Å². The molecule has 0 aromatic carbocycles. The smallest absolute Gasteiger partial charge is 0.233 e. The Hall–Kier alpha value is -1.00. The molecule has 5 heteroatoms. The highest BCUT2D eigenvalue weighted by Crippen LogP contribution is 2.10. The Kier molecular flexibility index (Phi) is 3.97. The van der Waals surface area contributed by atoms with Crippen LogP contribution in [0.25, 0.3) is 0 Å². The molecule has 0 saturated carbocycles. The van der Waals surface area contributed by atoms with Gasteiger partial charge >= 0.3 is 0 Å². The number of hydrazine groups is 1. The van der Waals surface area contributed by atoms with Crippen LogP contribution >= 0.6 is 0 Å². The molecule has 0 heterocycles. The molecule has 0 aliphatic rings. The summed E-state index contributed by atoms with van der Waals surface area (Å²) < 4.78 is 0. The Morgan fingerprint density at radius 1 is 1.38 bits per heavy atom. The second-order valence-electron chi connectivity index (χ2n) is 4.18. The van der Waals surface area contributed by atoms with Crippen LogP contribution in [0.2, 0.25) is 0 Å². The van der Waals surface area contributed by atoms with Crippen molar-refractivity contribution in [2.45, 2.75) is 46.3 Å². The quantitative estimate of drug-likeness (QED) is 0.387. The van der Waals surface area contributed by atoms with Crippen LogP contribution < -0.4 is 0 Å². The van der Waals surface area contributed by atoms with E-state index in [9.17, 15) is 5.21 Å². The van der Waals surface area contributed by atoms with Gasteiger partial charge in [-0.1, -0.05) is 0 Å². The second-order valence-corrected chi connectivity index (χ2v) is 4.18. The van der Waals surface area contributed by atoms with Crippen molar-refractivity contribution in [3.05, 3.63) is 5.21 Å². The van der Waals surface area contributed by atoms with Crippen molar-refractivity contribution in [1.82, 2.24) is 5.01 Å². The van der Waals surface area contributed by atoms with E-state index in [4.69, 9.17) is 4.84 Å². The van der Waals surface area contributed by atoms with Crippen molar-refractivity contribution in [1.29, 1.82) is 0 Å². The molecule has 0 N–H and O–H groups in total. The average Bonchev–Trinajstić information content (AvgIpc) is 1.96. The van der Waals surface area contributed by atoms with E-state index in [0.717, 1.165) is 0 Å². The van der Waals surface area contributed by atoms with Gasteiger partial charge in [0.05, 0.1) is 17.6 Å². The third-order valence-corrected chi connectivity index (χ3v) is 1.56. The first-order valence-electron chi connectivity index (χ1n) is 4.33. The molecule has 13 heavy (non-hydrogen) atoms. The molecule has 0 fully saturated rings. The minimum absolute atomic E-state index is 0.0789. The lowest BCUT2D eigenvalue weighted by Crippen LogP contribution is -2.42. The van der Waals surface area contributed by atoms with Gasteiger partial charge in [0.15, 0.2) is 0 Å². The lowest BCUT2D eigenvalue weighted by molar-refractivity contribution is -0.720. The first kappa shape index (κ1) is 12.0. The summed E-state index contributed by atoms with van der Waals surface area (Å²) in [5.74, 6) is 0. The molecule has 0 aromatic rings. The van der Waals surface area contributed by atoms with Crippen LogP contribution in [-0.4, -0.2) is 28.7 Å². The summed E-state index contributed by atoms with van der Waals surface area (Å²) in [6, 6.07) is 0. The summed E-state index contributed by atoms with van der Waals surface area (Å²) in [5.41, 5.74) is -0.258. The van der Waals surface area contributed by atoms with Gasteiger partial charge in [0.2, 0.25) is 5.28 Å². The highest BCUT2D eigenvalue weighted by molar-refractivity contribution is 4.64. The van der Waals surface area contributed by atoms with Gasteiger partial charge in [-0.25, -0.2) is 0 Å². The SMILES string of the molecule is CC(C)O/N=[N+](\[O-])N(C)C(C)(C)C. The lowest BCUT2D eigenvalue weighted by atomic mass is 10.1. The Bertz CT molecular complexity index is 184. The molecule has 5 nitrogen and oxygen atoms in total. The Labute approximate surface area is 79.5 Å². The zero-order chi connectivity index (χ0) is 10.6. The van der Waals surface area contributed by atoms with Gasteiger partial charge in [-0.3, -0.25) is 0 Å². The van der Waals surface area contributed by atoms with E-state index in [2.05, 4.69) is 5.28 Å². The predicted molar refractivity (Wildman–Crippen MR) is 49.8 cm³/mol. The standard InChI is InChI=1S/C8H19N3O2/c1-7(2)13-9-11(12)10(6)8(3,4)5/h7H,1-6H3/b11-9-. The molecule has 0 saturated heterocycles. The molecule has 0 aliphatic carbocycles. The van der Waals surface area contributed by atoms with E-state index in [1.165, 1.54) is 5.01 Å². The lowest BCUT2D eigenvalue weighted by Gasteiger charge is -2.26. The van der Waals surface area contributed by atoms with Crippen LogP contribution in [0.15, 0.2) is 5.28 Å². The third kappa shape index (κ3) is 4.55. The Morgan fingerprint density at radius 3 is 2.15 bits per heavy atom. The maximum Gasteiger partial charge on any atom is 0.233 e. The second kappa shape index (κ2) is 4.30. The highest BCUT2D eigenvalue weighted by atomic mass is 16.7. The molecule has 78 valence electrons. The van der Waals surface area contributed by atoms with Crippen LogP contribution in [0.5, 0.6) is 0 Å². The summed E-state index contributed by atoms with van der Waals surface area (Å²) in [7, 11) is 1.67. The van der Waals surface area contributed by atoms with Crippen LogP contribution in [0.1, 0.15) is 34.6 Å². The molecule has 0 radical (unpaired) electrons. The number of hydrogen-bond acceptors (Lipinski definition) is 3. The molecule has 0 unspecified atom stereocenters. The van der Waals surface area contributed by atoms with Gasteiger partial charge in [0.25, 0.3) is 0 Å². The Morgan fingerprint density at radius 2 is 1.85 bits per heavy atom. The summed E-state index contributed by atoms with van der Waals surface area (Å²) >= 11 is 0. The van der Waals surface area contributed by atoms with Gasteiger partial charge in [0.1, 0.15) is 6.10 Å². The third-order valence-electron chi connectivity index (χ3n) is 1.56. The maximum atomic E-state index is 11.2. The van der Waals surface area contributed by atoms with E-state index in [-0.39, 0.29) is 11.6 Å². The maximum absolute atomic E-state index is 11.2. The van der Waals surface area contributed by atoms with Crippen LogP contribution in [0, 0.1) is 5.21 Å². The van der Waals surface area contributed by atoms with Gasteiger partial charge < -0.3 is 10.0 Å². The predicted octanol–water partition coefficient (Wildman–Crippen LogP) is 1.93. The molecule has 0 spiro atoms. The number of hydrogen-bond donors (Lipinski definition) is 0. The van der Waals surface area contributed by atoms with Crippen molar-refractivity contribution in [3.8, 4) is 0 Å². The summed E-state index contributed by atoms with van der Waals surface area (Å²) in [4.78, 5) is 5.28. The van der Waals surface area contributed by atoms with Crippen molar-refractivity contribution in [2.75, 3.05) is 7.05 Å². The summed E-state index contributed by atoms with van der Waals surface area (Å²) in [6.07, 6.45) is -0.0789. The largest absolute Gasteiger partial charge is 0.569 e. The van der Waals surface area contributed by atoms with E-state index < -0.39 is 0 Å². The monoisotopic (exact) mass is 189 g/mol. The van der Waals surface area contributed by atoms with Gasteiger partial charge in [-0.15, -0.1) is 5.01 Å². The molecular weight excluding hydrogens is 170 g/mol. The molecule has 0 rings (SSSR count). The van der Waals surface area contributed by atoms with Crippen molar-refractivity contribution >= 4 is 0 Å². The van der Waals surface area contributed by atoms with Gasteiger partial charge in [-0.05, 0) is 34.6 Å². The fourth-order valence-corrected chi connectivity index (χ4v) is 0.446. The normalized spacial score (nSPS) is 13.3. The fraction of sp³-hybridized carbons (Fsp3) is 1.00. The Balaban J connectivity index is 4.25. The number of nitrogens with zero attached hydrogens (tertiary/aromatic N) is 3.